The van der Waals surface area contributed by atoms with Gasteiger partial charge in [0.05, 0.1) is 5.92 Å². The van der Waals surface area contributed by atoms with E-state index in [1.807, 2.05) is 77.1 Å². The van der Waals surface area contributed by atoms with Gasteiger partial charge < -0.3 is 10.1 Å². The molecule has 0 aromatic heterocycles. The second-order valence-corrected chi connectivity index (χ2v) is 11.0. The van der Waals surface area contributed by atoms with Crippen molar-refractivity contribution in [3.8, 4) is 0 Å². The van der Waals surface area contributed by atoms with Crippen LogP contribution in [0.1, 0.15) is 59.4 Å². The van der Waals surface area contributed by atoms with Gasteiger partial charge in [-0.25, -0.2) is 4.79 Å². The summed E-state index contributed by atoms with van der Waals surface area (Å²) in [5.74, 6) is -0.398. The molecule has 32 heavy (non-hydrogen) atoms. The van der Waals surface area contributed by atoms with Gasteiger partial charge in [-0.15, -0.1) is 0 Å². The predicted octanol–water partition coefficient (Wildman–Crippen LogP) is 4.78. The van der Waals surface area contributed by atoms with Crippen LogP contribution in [0.2, 0.25) is 0 Å². The van der Waals surface area contributed by atoms with Crippen LogP contribution in [0.3, 0.4) is 0 Å². The van der Waals surface area contributed by atoms with Crippen molar-refractivity contribution < 1.29 is 18.5 Å². The van der Waals surface area contributed by atoms with Crippen LogP contribution in [0.4, 0.5) is 0 Å². The van der Waals surface area contributed by atoms with E-state index in [2.05, 4.69) is 5.32 Å². The number of fused-ring (bicyclic) bond motifs is 1. The molecule has 0 aliphatic rings. The Morgan fingerprint density at radius 3 is 2.41 bits per heavy atom. The minimum atomic E-state index is -1.11. The zero-order chi connectivity index (χ0) is 23.7. The molecule has 2 aromatic rings. The summed E-state index contributed by atoms with van der Waals surface area (Å²) in [5, 5.41) is 5.12. The van der Waals surface area contributed by atoms with Crippen molar-refractivity contribution in [2.45, 2.75) is 71.9 Å². The summed E-state index contributed by atoms with van der Waals surface area (Å²) in [4.78, 5) is 26.1. The Labute approximate surface area is 194 Å². The fraction of sp³-hybridized carbons (Fsp3) is 0.538. The van der Waals surface area contributed by atoms with Crippen molar-refractivity contribution in [3.05, 3.63) is 48.0 Å². The number of benzene rings is 2. The van der Waals surface area contributed by atoms with Gasteiger partial charge in [-0.1, -0.05) is 69.2 Å². The van der Waals surface area contributed by atoms with E-state index >= 15 is 0 Å². The lowest BCUT2D eigenvalue weighted by Crippen LogP contribution is -2.47. The maximum atomic E-state index is 13.3. The Balaban J connectivity index is 2.26. The first kappa shape index (κ1) is 26.0. The lowest BCUT2D eigenvalue weighted by atomic mass is 9.95. The Hall–Kier alpha value is -2.21. The molecule has 0 bridgehead atoms. The van der Waals surface area contributed by atoms with Crippen molar-refractivity contribution in [2.24, 2.45) is 5.92 Å². The third-order valence-electron chi connectivity index (χ3n) is 5.28. The Kier molecular flexibility index (Phi) is 9.88. The molecule has 2 rings (SSSR count). The fourth-order valence-electron chi connectivity index (χ4n) is 3.63. The molecule has 6 heteroatoms. The highest BCUT2D eigenvalue weighted by Crippen LogP contribution is 2.22. The summed E-state index contributed by atoms with van der Waals surface area (Å²) in [6.45, 7) is 9.35. The second kappa shape index (κ2) is 12.1. The van der Waals surface area contributed by atoms with Crippen molar-refractivity contribution in [2.75, 3.05) is 11.5 Å². The topological polar surface area (TPSA) is 72.5 Å². The number of esters is 1. The van der Waals surface area contributed by atoms with Gasteiger partial charge >= 0.3 is 5.97 Å². The molecule has 0 aliphatic heterocycles. The molecular weight excluding hydrogens is 422 g/mol. The summed E-state index contributed by atoms with van der Waals surface area (Å²) in [6.07, 6.45) is 2.70. The van der Waals surface area contributed by atoms with E-state index in [0.717, 1.165) is 29.2 Å². The monoisotopic (exact) mass is 459 g/mol. The Morgan fingerprint density at radius 2 is 1.75 bits per heavy atom. The Morgan fingerprint density at radius 1 is 1.06 bits per heavy atom. The predicted molar refractivity (Wildman–Crippen MR) is 132 cm³/mol. The van der Waals surface area contributed by atoms with Crippen LogP contribution in [0, 0.1) is 5.92 Å². The van der Waals surface area contributed by atoms with Gasteiger partial charge in [-0.2, -0.15) is 0 Å². The second-order valence-electron chi connectivity index (χ2n) is 9.17. The lowest BCUT2D eigenvalue weighted by molar-refractivity contribution is -0.159. The molecule has 0 radical (unpaired) electrons. The van der Waals surface area contributed by atoms with Crippen LogP contribution < -0.4 is 5.32 Å². The Bertz CT molecular complexity index is 930. The molecule has 1 unspecified atom stereocenters. The van der Waals surface area contributed by atoms with Crippen molar-refractivity contribution in [3.63, 3.8) is 0 Å². The number of carbonyl (C=O) groups excluding carboxylic acids is 2. The van der Waals surface area contributed by atoms with E-state index in [-0.39, 0.29) is 11.7 Å². The first-order valence-electron chi connectivity index (χ1n) is 11.5. The summed E-state index contributed by atoms with van der Waals surface area (Å²) >= 11 is 0. The van der Waals surface area contributed by atoms with Crippen LogP contribution in [0.25, 0.3) is 10.8 Å². The van der Waals surface area contributed by atoms with Gasteiger partial charge in [-0.05, 0) is 49.9 Å². The molecule has 1 N–H and O–H groups in total. The van der Waals surface area contributed by atoms with Crippen molar-refractivity contribution in [1.82, 2.24) is 5.32 Å². The smallest absolute Gasteiger partial charge is 0.329 e. The molecule has 1 amide bonds. The van der Waals surface area contributed by atoms with Gasteiger partial charge in [0, 0.05) is 22.3 Å². The van der Waals surface area contributed by atoms with E-state index in [1.54, 1.807) is 0 Å². The number of carbonyl (C=O) groups is 2. The average molecular weight is 460 g/mol. The van der Waals surface area contributed by atoms with E-state index in [4.69, 9.17) is 4.74 Å². The highest BCUT2D eigenvalue weighted by atomic mass is 32.2. The maximum absolute atomic E-state index is 13.3. The SMILES string of the molecule is CCCC[C@H](NC(=O)[C@H](Cc1cccc2ccccc12)CS(=O)CC)C(=O)OC(C)(C)C. The summed E-state index contributed by atoms with van der Waals surface area (Å²) in [7, 11) is -1.11. The number of ether oxygens (including phenoxy) is 1. The minimum Gasteiger partial charge on any atom is -0.458 e. The van der Waals surface area contributed by atoms with E-state index in [1.165, 1.54) is 0 Å². The zero-order valence-corrected chi connectivity index (χ0v) is 20.8. The van der Waals surface area contributed by atoms with Gasteiger partial charge in [0.1, 0.15) is 11.6 Å². The quantitative estimate of drug-likeness (QED) is 0.491. The molecule has 0 heterocycles. The summed E-state index contributed by atoms with van der Waals surface area (Å²) in [6, 6.07) is 13.4. The van der Waals surface area contributed by atoms with Gasteiger partial charge in [0.15, 0.2) is 0 Å². The molecule has 0 saturated heterocycles. The van der Waals surface area contributed by atoms with Crippen LogP contribution in [-0.2, 0) is 31.5 Å². The van der Waals surface area contributed by atoms with Crippen LogP contribution in [0.15, 0.2) is 42.5 Å². The third-order valence-corrected chi connectivity index (χ3v) is 6.70. The number of hydrogen-bond acceptors (Lipinski definition) is 4. The van der Waals surface area contributed by atoms with Crippen LogP contribution in [-0.4, -0.2) is 39.2 Å². The molecular formula is C26H37NO4S. The van der Waals surface area contributed by atoms with Crippen molar-refractivity contribution >= 4 is 33.4 Å². The maximum Gasteiger partial charge on any atom is 0.329 e. The molecule has 2 aromatic carbocycles. The van der Waals surface area contributed by atoms with Crippen LogP contribution >= 0.6 is 0 Å². The molecule has 0 fully saturated rings. The molecule has 0 saturated carbocycles. The van der Waals surface area contributed by atoms with Crippen molar-refractivity contribution in [1.29, 1.82) is 0 Å². The average Bonchev–Trinajstić information content (AvgIpc) is 2.74. The normalized spacial score (nSPS) is 14.5. The first-order valence-corrected chi connectivity index (χ1v) is 13.0. The fourth-order valence-corrected chi connectivity index (χ4v) is 4.58. The van der Waals surface area contributed by atoms with Crippen LogP contribution in [0.5, 0.6) is 0 Å². The van der Waals surface area contributed by atoms with Gasteiger partial charge in [0.2, 0.25) is 5.91 Å². The number of unbranched alkanes of at least 4 members (excludes halogenated alkanes) is 1. The molecule has 5 nitrogen and oxygen atoms in total. The van der Waals surface area contributed by atoms with Gasteiger partial charge in [-0.3, -0.25) is 9.00 Å². The zero-order valence-electron chi connectivity index (χ0n) is 20.0. The lowest BCUT2D eigenvalue weighted by Gasteiger charge is -2.26. The molecule has 3 atom stereocenters. The largest absolute Gasteiger partial charge is 0.458 e. The molecule has 176 valence electrons. The third kappa shape index (κ3) is 8.05. The highest BCUT2D eigenvalue weighted by Gasteiger charge is 2.30. The minimum absolute atomic E-state index is 0.244. The van der Waals surface area contributed by atoms with E-state index < -0.39 is 34.3 Å². The summed E-state index contributed by atoms with van der Waals surface area (Å²) in [5.41, 5.74) is 0.414. The number of hydrogen-bond donors (Lipinski definition) is 1. The number of rotatable bonds is 11. The highest BCUT2D eigenvalue weighted by molar-refractivity contribution is 7.84. The summed E-state index contributed by atoms with van der Waals surface area (Å²) < 4.78 is 17.9. The first-order chi connectivity index (χ1) is 15.1. The standard InChI is InChI=1S/C26H37NO4S/c1-6-8-16-23(25(29)31-26(3,4)5)27-24(28)21(18-32(30)7-2)17-20-14-11-13-19-12-9-10-15-22(19)20/h9-15,21,23H,6-8,16-18H2,1-5H3,(H,27,28)/t21-,23+,32?/m1/s1. The molecule has 0 aliphatic carbocycles. The van der Waals surface area contributed by atoms with Gasteiger partial charge in [0.25, 0.3) is 0 Å². The number of amides is 1. The van der Waals surface area contributed by atoms with E-state index in [9.17, 15) is 13.8 Å². The molecule has 0 spiro atoms. The number of nitrogens with one attached hydrogen (secondary N) is 1. The van der Waals surface area contributed by atoms with E-state index in [0.29, 0.717) is 18.6 Å².